The van der Waals surface area contributed by atoms with E-state index in [-0.39, 0.29) is 17.8 Å². The van der Waals surface area contributed by atoms with E-state index in [9.17, 15) is 5.11 Å². The Balaban J connectivity index is 3.22. The van der Waals surface area contributed by atoms with Crippen LogP contribution in [0.4, 0.5) is 0 Å². The smallest absolute Gasteiger partial charge is 0.113 e. The fourth-order valence-electron chi connectivity index (χ4n) is 2.82. The summed E-state index contributed by atoms with van der Waals surface area (Å²) in [5, 5.41) is 10.2. The molecule has 0 amide bonds. The maximum Gasteiger partial charge on any atom is 0.113 e. The molecule has 0 aromatic rings. The third-order valence-electron chi connectivity index (χ3n) is 4.22. The SMILES string of the molecule is C=C/C=C\C(=C(/C)CC)C1N=C(C)N(CCCC)C1C(=C)O. The quantitative estimate of drug-likeness (QED) is 0.516. The van der Waals surface area contributed by atoms with Gasteiger partial charge in [0.2, 0.25) is 0 Å². The van der Waals surface area contributed by atoms with Gasteiger partial charge in [0, 0.05) is 6.54 Å². The summed E-state index contributed by atoms with van der Waals surface area (Å²) in [6, 6.07) is -0.261. The van der Waals surface area contributed by atoms with Gasteiger partial charge >= 0.3 is 0 Å². The standard InChI is InChI=1S/C19H30N2O/c1-7-10-12-17(14(4)9-3)18-19(15(5)22)21(13-11-8-2)16(6)20-18/h7,10,12,18-19,22H,1,5,8-9,11,13H2,2-4,6H3/b12-10-,17-14-. The Morgan fingerprint density at radius 3 is 2.59 bits per heavy atom. The van der Waals surface area contributed by atoms with Gasteiger partial charge in [0.1, 0.15) is 17.8 Å². The van der Waals surface area contributed by atoms with E-state index in [2.05, 4.69) is 44.9 Å². The lowest BCUT2D eigenvalue weighted by Crippen LogP contribution is -2.41. The number of aliphatic imine (C=N–C) groups is 1. The second-order valence-corrected chi connectivity index (χ2v) is 5.79. The fourth-order valence-corrected chi connectivity index (χ4v) is 2.82. The molecule has 0 fully saturated rings. The van der Waals surface area contributed by atoms with Crippen LogP contribution in [0.5, 0.6) is 0 Å². The molecule has 1 aliphatic rings. The van der Waals surface area contributed by atoms with Gasteiger partial charge in [-0.05, 0) is 32.3 Å². The lowest BCUT2D eigenvalue weighted by atomic mass is 9.93. The van der Waals surface area contributed by atoms with Crippen molar-refractivity contribution in [3.8, 4) is 0 Å². The molecule has 1 N–H and O–H groups in total. The molecular weight excluding hydrogens is 272 g/mol. The number of allylic oxidation sites excluding steroid dienone is 3. The topological polar surface area (TPSA) is 35.8 Å². The predicted octanol–water partition coefficient (Wildman–Crippen LogP) is 4.80. The van der Waals surface area contributed by atoms with E-state index in [0.29, 0.717) is 0 Å². The van der Waals surface area contributed by atoms with E-state index in [1.807, 2.05) is 13.0 Å². The molecular formula is C19H30N2O. The molecule has 2 unspecified atom stereocenters. The maximum absolute atomic E-state index is 10.2. The first-order valence-corrected chi connectivity index (χ1v) is 8.15. The van der Waals surface area contributed by atoms with Crippen LogP contribution in [0, 0.1) is 0 Å². The molecule has 1 heterocycles. The Morgan fingerprint density at radius 1 is 1.41 bits per heavy atom. The average molecular weight is 302 g/mol. The van der Waals surface area contributed by atoms with Crippen molar-refractivity contribution in [1.82, 2.24) is 4.90 Å². The molecule has 0 saturated carbocycles. The molecule has 122 valence electrons. The Morgan fingerprint density at radius 2 is 2.09 bits per heavy atom. The van der Waals surface area contributed by atoms with Gasteiger partial charge in [-0.25, -0.2) is 0 Å². The minimum atomic E-state index is -0.169. The van der Waals surface area contributed by atoms with Crippen LogP contribution in [0.2, 0.25) is 0 Å². The largest absolute Gasteiger partial charge is 0.511 e. The number of aliphatic hydroxyl groups is 1. The summed E-state index contributed by atoms with van der Waals surface area (Å²) in [6.07, 6.45) is 8.93. The van der Waals surface area contributed by atoms with Gasteiger partial charge in [0.25, 0.3) is 0 Å². The second kappa shape index (κ2) is 8.62. The highest BCUT2D eigenvalue weighted by molar-refractivity contribution is 5.83. The van der Waals surface area contributed by atoms with Crippen LogP contribution in [-0.4, -0.2) is 34.5 Å². The summed E-state index contributed by atoms with van der Waals surface area (Å²) >= 11 is 0. The van der Waals surface area contributed by atoms with Crippen molar-refractivity contribution >= 4 is 5.84 Å². The zero-order chi connectivity index (χ0) is 16.7. The highest BCUT2D eigenvalue weighted by Gasteiger charge is 2.37. The Labute approximate surface area is 135 Å². The van der Waals surface area contributed by atoms with Gasteiger partial charge < -0.3 is 10.0 Å². The molecule has 1 rings (SSSR count). The summed E-state index contributed by atoms with van der Waals surface area (Å²) in [6.45, 7) is 16.9. The number of nitrogens with zero attached hydrogens (tertiary/aromatic N) is 2. The first kappa shape index (κ1) is 18.3. The zero-order valence-electron chi connectivity index (χ0n) is 14.5. The molecule has 2 atom stereocenters. The van der Waals surface area contributed by atoms with Crippen LogP contribution in [0.15, 0.2) is 53.3 Å². The van der Waals surface area contributed by atoms with E-state index in [0.717, 1.165) is 37.2 Å². The molecule has 22 heavy (non-hydrogen) atoms. The zero-order valence-corrected chi connectivity index (χ0v) is 14.5. The van der Waals surface area contributed by atoms with Crippen LogP contribution in [0.1, 0.15) is 47.0 Å². The molecule has 1 aliphatic heterocycles. The number of hydrogen-bond donors (Lipinski definition) is 1. The molecule has 0 bridgehead atoms. The van der Waals surface area contributed by atoms with Gasteiger partial charge in [0.15, 0.2) is 0 Å². The molecule has 0 radical (unpaired) electrons. The maximum atomic E-state index is 10.2. The minimum absolute atomic E-state index is 0.0921. The predicted molar refractivity (Wildman–Crippen MR) is 96.4 cm³/mol. The van der Waals surface area contributed by atoms with Gasteiger partial charge in [-0.2, -0.15) is 0 Å². The number of rotatable bonds is 8. The van der Waals surface area contributed by atoms with Crippen LogP contribution in [-0.2, 0) is 0 Å². The first-order valence-electron chi connectivity index (χ1n) is 8.15. The Hall–Kier alpha value is -1.77. The summed E-state index contributed by atoms with van der Waals surface area (Å²) < 4.78 is 0. The van der Waals surface area contributed by atoms with Crippen molar-refractivity contribution in [2.45, 2.75) is 59.0 Å². The summed E-state index contributed by atoms with van der Waals surface area (Å²) in [5.41, 5.74) is 2.43. The molecule has 0 aromatic carbocycles. The van der Waals surface area contributed by atoms with Crippen LogP contribution >= 0.6 is 0 Å². The van der Waals surface area contributed by atoms with Crippen molar-refractivity contribution < 1.29 is 5.11 Å². The third kappa shape index (κ3) is 4.12. The monoisotopic (exact) mass is 302 g/mol. The molecule has 3 heteroatoms. The van der Waals surface area contributed by atoms with E-state index in [1.165, 1.54) is 5.57 Å². The van der Waals surface area contributed by atoms with Crippen molar-refractivity contribution in [2.24, 2.45) is 4.99 Å². The van der Waals surface area contributed by atoms with Crippen LogP contribution < -0.4 is 0 Å². The summed E-state index contributed by atoms with van der Waals surface area (Å²) in [7, 11) is 0. The Kier molecular flexibility index (Phi) is 7.16. The second-order valence-electron chi connectivity index (χ2n) is 5.79. The van der Waals surface area contributed by atoms with Gasteiger partial charge in [-0.3, -0.25) is 4.99 Å². The van der Waals surface area contributed by atoms with E-state index < -0.39 is 0 Å². The fraction of sp³-hybridized carbons (Fsp3) is 0.526. The van der Waals surface area contributed by atoms with E-state index >= 15 is 0 Å². The van der Waals surface area contributed by atoms with Gasteiger partial charge in [-0.15, -0.1) is 0 Å². The lowest BCUT2D eigenvalue weighted by Gasteiger charge is -2.30. The lowest BCUT2D eigenvalue weighted by molar-refractivity contribution is 0.256. The van der Waals surface area contributed by atoms with Crippen molar-refractivity contribution in [3.05, 3.63) is 48.3 Å². The number of unbranched alkanes of at least 4 members (excludes halogenated alkanes) is 1. The molecule has 0 aliphatic carbocycles. The number of amidine groups is 1. The third-order valence-corrected chi connectivity index (χ3v) is 4.22. The minimum Gasteiger partial charge on any atom is -0.511 e. The van der Waals surface area contributed by atoms with E-state index in [4.69, 9.17) is 4.99 Å². The van der Waals surface area contributed by atoms with Gasteiger partial charge in [0.05, 0.1) is 5.84 Å². The highest BCUT2D eigenvalue weighted by atomic mass is 16.3. The molecule has 0 saturated heterocycles. The number of aliphatic hydroxyl groups excluding tert-OH is 1. The summed E-state index contributed by atoms with van der Waals surface area (Å²) in [4.78, 5) is 7.01. The average Bonchev–Trinajstić information content (AvgIpc) is 2.81. The van der Waals surface area contributed by atoms with Crippen molar-refractivity contribution in [3.63, 3.8) is 0 Å². The molecule has 0 spiro atoms. The summed E-state index contributed by atoms with van der Waals surface area (Å²) in [5.74, 6) is 1.17. The first-order chi connectivity index (χ1) is 10.5. The van der Waals surface area contributed by atoms with Crippen LogP contribution in [0.3, 0.4) is 0 Å². The van der Waals surface area contributed by atoms with E-state index in [1.54, 1.807) is 6.08 Å². The Bertz CT molecular complexity index is 500. The van der Waals surface area contributed by atoms with Crippen molar-refractivity contribution in [2.75, 3.05) is 6.54 Å². The van der Waals surface area contributed by atoms with Gasteiger partial charge in [-0.1, -0.05) is 57.2 Å². The normalized spacial score (nSPS) is 22.7. The van der Waals surface area contributed by atoms with Crippen LogP contribution in [0.25, 0.3) is 0 Å². The molecule has 3 nitrogen and oxygen atoms in total. The number of hydrogen-bond acceptors (Lipinski definition) is 3. The van der Waals surface area contributed by atoms with Crippen molar-refractivity contribution in [1.29, 1.82) is 0 Å². The highest BCUT2D eigenvalue weighted by Crippen LogP contribution is 2.30. The molecule has 0 aromatic heterocycles.